The maximum Gasteiger partial charge on any atom is 0.333 e. The first-order valence-electron chi connectivity index (χ1n) is 16.7. The fourth-order valence-corrected chi connectivity index (χ4v) is 9.92. The normalized spacial score (nSPS) is 13.1. The monoisotopic (exact) mass is 628 g/mol. The predicted molar refractivity (Wildman–Crippen MR) is 208 cm³/mol. The van der Waals surface area contributed by atoms with Crippen LogP contribution < -0.4 is 15.7 Å². The van der Waals surface area contributed by atoms with Gasteiger partial charge in [-0.05, 0) is 83.9 Å². The Labute approximate surface area is 283 Å². The predicted octanol–water partition coefficient (Wildman–Crippen LogP) is 10.7. The second-order valence-electron chi connectivity index (χ2n) is 13.4. The minimum atomic E-state index is 0.0149. The average Bonchev–Trinajstić information content (AvgIpc) is 3.68. The van der Waals surface area contributed by atoms with E-state index in [1.165, 1.54) is 103 Å². The maximum atomic E-state index is 2.64. The van der Waals surface area contributed by atoms with Crippen molar-refractivity contribution in [2.24, 2.45) is 0 Å². The van der Waals surface area contributed by atoms with Gasteiger partial charge in [0.25, 0.3) is 0 Å². The van der Waals surface area contributed by atoms with E-state index in [1.54, 1.807) is 0 Å². The molecule has 0 N–H and O–H groups in total. The molecule has 2 aliphatic rings. The Morgan fingerprint density at radius 1 is 0.583 bits per heavy atom. The number of aromatic nitrogens is 1. The molecule has 2 nitrogen and oxygen atoms in total. The molecule has 224 valence electrons. The number of nitrogens with zero attached hydrogens (tertiary/aromatic N) is 2. The van der Waals surface area contributed by atoms with E-state index in [1.807, 2.05) is 11.3 Å². The van der Waals surface area contributed by atoms with Crippen LogP contribution in [-0.4, -0.2) is 11.4 Å². The topological polar surface area (TPSA) is 8.17 Å². The van der Waals surface area contributed by atoms with Crippen LogP contribution in [-0.2, 0) is 0 Å². The molecule has 0 fully saturated rings. The Bertz CT molecular complexity index is 2810. The lowest BCUT2D eigenvalue weighted by Crippen LogP contribution is -2.60. The first-order valence-corrected chi connectivity index (χ1v) is 17.5. The molecule has 48 heavy (non-hydrogen) atoms. The highest BCUT2D eigenvalue weighted by molar-refractivity contribution is 7.26. The van der Waals surface area contributed by atoms with Gasteiger partial charge in [-0.25, -0.2) is 0 Å². The van der Waals surface area contributed by atoms with E-state index in [-0.39, 0.29) is 6.85 Å². The SMILES string of the molecule is Cc1ccc(N2B3c4cc(C)ccc4-n4c5ccccc5c5c(-c6ccccc6)cc(c3c54)-c3c2ccc2c3sc3ccccc32)cc1. The van der Waals surface area contributed by atoms with Gasteiger partial charge in [-0.1, -0.05) is 108 Å². The van der Waals surface area contributed by atoms with Crippen LogP contribution in [0.3, 0.4) is 0 Å². The van der Waals surface area contributed by atoms with E-state index < -0.39 is 0 Å². The lowest BCUT2D eigenvalue weighted by Gasteiger charge is -2.42. The molecule has 0 unspecified atom stereocenters. The maximum absolute atomic E-state index is 2.64. The highest BCUT2D eigenvalue weighted by Crippen LogP contribution is 2.52. The van der Waals surface area contributed by atoms with Gasteiger partial charge in [-0.3, -0.25) is 0 Å². The molecule has 11 rings (SSSR count). The van der Waals surface area contributed by atoms with E-state index in [2.05, 4.69) is 163 Å². The minimum absolute atomic E-state index is 0.0149. The molecular formula is C44H29BN2S. The zero-order valence-electron chi connectivity index (χ0n) is 26.7. The Morgan fingerprint density at radius 3 is 2.17 bits per heavy atom. The second kappa shape index (κ2) is 9.50. The highest BCUT2D eigenvalue weighted by atomic mass is 32.1. The molecule has 0 aliphatic carbocycles. The number of hydrogen-bond donors (Lipinski definition) is 0. The van der Waals surface area contributed by atoms with Crippen molar-refractivity contribution in [3.05, 3.63) is 151 Å². The number of rotatable bonds is 2. The Morgan fingerprint density at radius 2 is 1.31 bits per heavy atom. The summed E-state index contributed by atoms with van der Waals surface area (Å²) < 4.78 is 5.26. The average molecular weight is 629 g/mol. The largest absolute Gasteiger partial charge is 0.376 e. The molecule has 4 heteroatoms. The Hall–Kier alpha value is -5.58. The summed E-state index contributed by atoms with van der Waals surface area (Å²) in [6.07, 6.45) is 0. The molecule has 0 radical (unpaired) electrons. The van der Waals surface area contributed by atoms with Crippen molar-refractivity contribution in [2.75, 3.05) is 4.81 Å². The first kappa shape index (κ1) is 26.5. The van der Waals surface area contributed by atoms with Crippen LogP contribution in [0.2, 0.25) is 0 Å². The number of fused-ring (bicyclic) bond motifs is 12. The van der Waals surface area contributed by atoms with E-state index in [9.17, 15) is 0 Å². The van der Waals surface area contributed by atoms with Gasteiger partial charge in [0.05, 0.1) is 11.0 Å². The fraction of sp³-hybridized carbons (Fsp3) is 0.0455. The highest BCUT2D eigenvalue weighted by Gasteiger charge is 2.45. The third kappa shape index (κ3) is 3.38. The summed E-state index contributed by atoms with van der Waals surface area (Å²) in [5.74, 6) is 0. The van der Waals surface area contributed by atoms with Gasteiger partial charge in [0.1, 0.15) is 0 Å². The van der Waals surface area contributed by atoms with E-state index in [4.69, 9.17) is 0 Å². The fourth-order valence-electron chi connectivity index (χ4n) is 8.66. The molecule has 7 aromatic carbocycles. The van der Waals surface area contributed by atoms with Gasteiger partial charge in [-0.15, -0.1) is 11.3 Å². The van der Waals surface area contributed by atoms with Crippen LogP contribution in [0.1, 0.15) is 11.1 Å². The number of thiophene rings is 1. The van der Waals surface area contributed by atoms with Gasteiger partial charge in [0, 0.05) is 53.6 Å². The van der Waals surface area contributed by atoms with Crippen LogP contribution in [0.5, 0.6) is 0 Å². The molecule has 9 aromatic rings. The molecular weight excluding hydrogens is 599 g/mol. The number of hydrogen-bond acceptors (Lipinski definition) is 2. The van der Waals surface area contributed by atoms with E-state index >= 15 is 0 Å². The molecule has 0 bridgehead atoms. The summed E-state index contributed by atoms with van der Waals surface area (Å²) in [6, 6.07) is 52.4. The number of benzene rings is 7. The number of para-hydroxylation sites is 1. The van der Waals surface area contributed by atoms with E-state index in [0.717, 1.165) is 0 Å². The third-order valence-corrected chi connectivity index (χ3v) is 11.9. The van der Waals surface area contributed by atoms with Gasteiger partial charge < -0.3 is 9.38 Å². The number of aryl methyl sites for hydroxylation is 2. The van der Waals surface area contributed by atoms with Crippen molar-refractivity contribution in [3.63, 3.8) is 0 Å². The van der Waals surface area contributed by atoms with Crippen LogP contribution in [0.15, 0.2) is 140 Å². The van der Waals surface area contributed by atoms with Crippen molar-refractivity contribution >= 4 is 82.5 Å². The van der Waals surface area contributed by atoms with Gasteiger partial charge >= 0.3 is 6.85 Å². The van der Waals surface area contributed by atoms with Crippen molar-refractivity contribution in [1.82, 2.24) is 4.57 Å². The number of anilines is 2. The molecule has 0 saturated heterocycles. The summed E-state index contributed by atoms with van der Waals surface area (Å²) >= 11 is 1.93. The van der Waals surface area contributed by atoms with Crippen molar-refractivity contribution in [2.45, 2.75) is 13.8 Å². The lowest BCUT2D eigenvalue weighted by atomic mass is 9.43. The smallest absolute Gasteiger partial charge is 0.333 e. The molecule has 0 spiro atoms. The lowest BCUT2D eigenvalue weighted by molar-refractivity contribution is 1.18. The standard InChI is InChI=1S/C44H29BN2S/c1-26-16-19-29(20-17-26)47-38-23-21-31-30-12-7-9-15-39(30)48-44(31)41(38)34-25-33(28-10-4-3-5-11-28)40-32-13-6-8-14-36(32)46-37-22-18-27(2)24-35(37)45(47)42(34)43(40)46/h3-25H,1-2H3. The minimum Gasteiger partial charge on any atom is -0.376 e. The van der Waals surface area contributed by atoms with Gasteiger partial charge in [-0.2, -0.15) is 0 Å². The molecule has 2 aromatic heterocycles. The summed E-state index contributed by atoms with van der Waals surface area (Å²) in [6.45, 7) is 4.42. The summed E-state index contributed by atoms with van der Waals surface area (Å²) in [5.41, 5.74) is 16.9. The van der Waals surface area contributed by atoms with Crippen molar-refractivity contribution in [1.29, 1.82) is 0 Å². The Balaban J connectivity index is 1.41. The van der Waals surface area contributed by atoms with Crippen molar-refractivity contribution in [3.8, 4) is 27.9 Å². The molecule has 4 heterocycles. The quantitative estimate of drug-likeness (QED) is 0.173. The van der Waals surface area contributed by atoms with Crippen LogP contribution in [0.4, 0.5) is 11.4 Å². The molecule has 2 aliphatic heterocycles. The molecule has 0 saturated carbocycles. The molecule has 0 amide bonds. The van der Waals surface area contributed by atoms with Crippen LogP contribution >= 0.6 is 11.3 Å². The second-order valence-corrected chi connectivity index (χ2v) is 14.5. The third-order valence-electron chi connectivity index (χ3n) is 10.7. The summed E-state index contributed by atoms with van der Waals surface area (Å²) in [4.78, 5) is 2.64. The summed E-state index contributed by atoms with van der Waals surface area (Å²) in [7, 11) is 0. The van der Waals surface area contributed by atoms with Crippen LogP contribution in [0, 0.1) is 13.8 Å². The zero-order valence-corrected chi connectivity index (χ0v) is 27.5. The zero-order chi connectivity index (χ0) is 31.7. The van der Waals surface area contributed by atoms with Gasteiger partial charge in [0.15, 0.2) is 0 Å². The summed E-state index contributed by atoms with van der Waals surface area (Å²) in [5, 5.41) is 5.30. The Kier molecular flexibility index (Phi) is 5.24. The molecule has 0 atom stereocenters. The van der Waals surface area contributed by atoms with E-state index in [0.29, 0.717) is 0 Å². The van der Waals surface area contributed by atoms with Crippen molar-refractivity contribution < 1.29 is 0 Å². The first-order chi connectivity index (χ1) is 23.7. The van der Waals surface area contributed by atoms with Crippen LogP contribution in [0.25, 0.3) is 69.9 Å². The van der Waals surface area contributed by atoms with Gasteiger partial charge in [0.2, 0.25) is 0 Å².